The average Bonchev–Trinajstić information content (AvgIpc) is 2.38. The Kier molecular flexibility index (Phi) is 4.11. The highest BCUT2D eigenvalue weighted by Gasteiger charge is 2.20. The molecule has 2 rings (SSSR count). The van der Waals surface area contributed by atoms with Crippen molar-refractivity contribution < 1.29 is 18.1 Å². The molecule has 0 aliphatic heterocycles. The lowest BCUT2D eigenvalue weighted by atomic mass is 10.1. The number of nitrogens with one attached hydrogen (secondary N) is 1. The smallest absolute Gasteiger partial charge is 0.298 e. The van der Waals surface area contributed by atoms with Crippen LogP contribution in [-0.2, 0) is 6.54 Å². The van der Waals surface area contributed by atoms with Crippen LogP contribution in [0.4, 0.5) is 24.5 Å². The van der Waals surface area contributed by atoms with Crippen LogP contribution < -0.4 is 5.32 Å². The molecule has 0 aliphatic rings. The van der Waals surface area contributed by atoms with Gasteiger partial charge in [0.2, 0.25) is 0 Å². The molecule has 0 unspecified atom stereocenters. The molecule has 21 heavy (non-hydrogen) atoms. The summed E-state index contributed by atoms with van der Waals surface area (Å²) in [7, 11) is 0. The van der Waals surface area contributed by atoms with Gasteiger partial charge in [-0.25, -0.2) is 13.2 Å². The highest BCUT2D eigenvalue weighted by atomic mass is 19.1. The van der Waals surface area contributed by atoms with Crippen LogP contribution in [0.15, 0.2) is 30.3 Å². The first kappa shape index (κ1) is 14.8. The molecule has 1 N–H and O–H groups in total. The molecule has 4 nitrogen and oxygen atoms in total. The lowest BCUT2D eigenvalue weighted by Gasteiger charge is -2.10. The molecule has 0 aromatic heterocycles. The summed E-state index contributed by atoms with van der Waals surface area (Å²) in [4.78, 5) is 9.96. The van der Waals surface area contributed by atoms with Gasteiger partial charge in [-0.3, -0.25) is 10.1 Å². The van der Waals surface area contributed by atoms with Gasteiger partial charge in [-0.15, -0.1) is 0 Å². The molecule has 0 saturated heterocycles. The Hall–Kier alpha value is -2.57. The van der Waals surface area contributed by atoms with Gasteiger partial charge in [-0.2, -0.15) is 0 Å². The van der Waals surface area contributed by atoms with Gasteiger partial charge in [0.1, 0.15) is 17.3 Å². The quantitative estimate of drug-likeness (QED) is 0.687. The van der Waals surface area contributed by atoms with E-state index < -0.39 is 33.7 Å². The Balaban J connectivity index is 2.29. The lowest BCUT2D eigenvalue weighted by molar-refractivity contribution is -0.384. The van der Waals surface area contributed by atoms with Crippen molar-refractivity contribution in [2.75, 3.05) is 5.32 Å². The Morgan fingerprint density at radius 3 is 2.48 bits per heavy atom. The maximum atomic E-state index is 13.7. The van der Waals surface area contributed by atoms with Crippen LogP contribution in [-0.4, -0.2) is 4.92 Å². The number of rotatable bonds is 4. The standard InChI is InChI=1S/C14H11F3N2O2/c1-8-4-10(15)3-2-9(8)7-18-14-12(17)5-11(16)6-13(14)19(20)21/h2-6,18H,7H2,1H3. The number of hydrogen-bond donors (Lipinski definition) is 1. The summed E-state index contributed by atoms with van der Waals surface area (Å²) >= 11 is 0. The number of hydrogen-bond acceptors (Lipinski definition) is 3. The summed E-state index contributed by atoms with van der Waals surface area (Å²) in [6.07, 6.45) is 0. The van der Waals surface area contributed by atoms with Crippen molar-refractivity contribution in [1.29, 1.82) is 0 Å². The highest BCUT2D eigenvalue weighted by molar-refractivity contribution is 5.62. The summed E-state index contributed by atoms with van der Waals surface area (Å²) in [6, 6.07) is 5.23. The van der Waals surface area contributed by atoms with Gasteiger partial charge in [-0.1, -0.05) is 6.07 Å². The summed E-state index contributed by atoms with van der Waals surface area (Å²) in [5, 5.41) is 13.4. The third-order valence-corrected chi connectivity index (χ3v) is 2.99. The van der Waals surface area contributed by atoms with Crippen molar-refractivity contribution in [3.05, 3.63) is 69.0 Å². The fourth-order valence-electron chi connectivity index (χ4n) is 1.92. The molecule has 0 amide bonds. The largest absolute Gasteiger partial charge is 0.373 e. The van der Waals surface area contributed by atoms with E-state index in [1.807, 2.05) is 0 Å². The Morgan fingerprint density at radius 2 is 1.86 bits per heavy atom. The van der Waals surface area contributed by atoms with Crippen LogP contribution in [0.25, 0.3) is 0 Å². The molecule has 7 heteroatoms. The molecule has 2 aromatic rings. The third kappa shape index (κ3) is 3.31. The summed E-state index contributed by atoms with van der Waals surface area (Å²) < 4.78 is 39.7. The van der Waals surface area contributed by atoms with Gasteiger partial charge in [0, 0.05) is 12.6 Å². The third-order valence-electron chi connectivity index (χ3n) is 2.99. The lowest BCUT2D eigenvalue weighted by Crippen LogP contribution is -2.06. The van der Waals surface area contributed by atoms with Crippen molar-refractivity contribution in [3.63, 3.8) is 0 Å². The summed E-state index contributed by atoms with van der Waals surface area (Å²) in [5.74, 6) is -2.49. The second-order valence-electron chi connectivity index (χ2n) is 4.46. The maximum Gasteiger partial charge on any atom is 0.298 e. The fraction of sp³-hybridized carbons (Fsp3) is 0.143. The van der Waals surface area contributed by atoms with Gasteiger partial charge in [0.15, 0.2) is 5.82 Å². The molecular formula is C14H11F3N2O2. The van der Waals surface area contributed by atoms with E-state index in [4.69, 9.17) is 0 Å². The predicted molar refractivity (Wildman–Crippen MR) is 71.5 cm³/mol. The molecule has 0 fully saturated rings. The van der Waals surface area contributed by atoms with E-state index in [1.165, 1.54) is 18.2 Å². The molecule has 0 spiro atoms. The van der Waals surface area contributed by atoms with E-state index in [1.54, 1.807) is 6.92 Å². The molecule has 0 heterocycles. The minimum atomic E-state index is -1.05. The molecule has 110 valence electrons. The molecule has 0 saturated carbocycles. The van der Waals surface area contributed by atoms with Crippen LogP contribution in [0.2, 0.25) is 0 Å². The fourth-order valence-corrected chi connectivity index (χ4v) is 1.92. The minimum Gasteiger partial charge on any atom is -0.373 e. The highest BCUT2D eigenvalue weighted by Crippen LogP contribution is 2.29. The Bertz CT molecular complexity index is 705. The first-order chi connectivity index (χ1) is 9.88. The zero-order chi connectivity index (χ0) is 15.6. The second-order valence-corrected chi connectivity index (χ2v) is 4.46. The van der Waals surface area contributed by atoms with Crippen LogP contribution in [0.1, 0.15) is 11.1 Å². The van der Waals surface area contributed by atoms with Crippen LogP contribution in [0.5, 0.6) is 0 Å². The van der Waals surface area contributed by atoms with E-state index in [0.717, 1.165) is 0 Å². The van der Waals surface area contributed by atoms with E-state index in [9.17, 15) is 23.3 Å². The maximum absolute atomic E-state index is 13.7. The molecule has 0 radical (unpaired) electrons. The number of nitrogens with zero attached hydrogens (tertiary/aromatic N) is 1. The zero-order valence-corrected chi connectivity index (χ0v) is 11.0. The van der Waals surface area contributed by atoms with Crippen molar-refractivity contribution in [2.24, 2.45) is 0 Å². The van der Waals surface area contributed by atoms with Gasteiger partial charge >= 0.3 is 0 Å². The number of anilines is 1. The number of benzene rings is 2. The summed E-state index contributed by atoms with van der Waals surface area (Å²) in [5.41, 5.74) is 0.180. The van der Waals surface area contributed by atoms with Crippen molar-refractivity contribution >= 4 is 11.4 Å². The van der Waals surface area contributed by atoms with Crippen molar-refractivity contribution in [1.82, 2.24) is 0 Å². The number of aryl methyl sites for hydroxylation is 1. The van der Waals surface area contributed by atoms with Gasteiger partial charge < -0.3 is 5.32 Å². The Morgan fingerprint density at radius 1 is 1.14 bits per heavy atom. The molecule has 0 bridgehead atoms. The second kappa shape index (κ2) is 5.82. The van der Waals surface area contributed by atoms with E-state index in [-0.39, 0.29) is 6.54 Å². The van der Waals surface area contributed by atoms with Crippen molar-refractivity contribution in [2.45, 2.75) is 13.5 Å². The molecule has 0 atom stereocenters. The summed E-state index contributed by atoms with van der Waals surface area (Å²) in [6.45, 7) is 1.71. The first-order valence-electron chi connectivity index (χ1n) is 6.01. The van der Waals surface area contributed by atoms with Crippen molar-refractivity contribution in [3.8, 4) is 0 Å². The monoisotopic (exact) mass is 296 g/mol. The minimum absolute atomic E-state index is 0.0511. The van der Waals surface area contributed by atoms with Crippen LogP contribution in [0, 0.1) is 34.5 Å². The van der Waals surface area contributed by atoms with E-state index in [0.29, 0.717) is 23.3 Å². The van der Waals surface area contributed by atoms with Crippen LogP contribution in [0.3, 0.4) is 0 Å². The SMILES string of the molecule is Cc1cc(F)ccc1CNc1c(F)cc(F)cc1[N+](=O)[O-]. The normalized spacial score (nSPS) is 10.5. The average molecular weight is 296 g/mol. The number of halogens is 3. The zero-order valence-electron chi connectivity index (χ0n) is 11.0. The predicted octanol–water partition coefficient (Wildman–Crippen LogP) is 3.93. The van der Waals surface area contributed by atoms with Gasteiger partial charge in [0.25, 0.3) is 5.69 Å². The Labute approximate surface area is 118 Å². The van der Waals surface area contributed by atoms with Crippen LogP contribution >= 0.6 is 0 Å². The van der Waals surface area contributed by atoms with E-state index in [2.05, 4.69) is 5.32 Å². The molecule has 2 aromatic carbocycles. The molecule has 0 aliphatic carbocycles. The topological polar surface area (TPSA) is 55.2 Å². The number of nitro groups is 1. The van der Waals surface area contributed by atoms with Gasteiger partial charge in [-0.05, 0) is 30.2 Å². The molecular weight excluding hydrogens is 285 g/mol. The van der Waals surface area contributed by atoms with E-state index >= 15 is 0 Å². The number of nitro benzene ring substituents is 1. The first-order valence-corrected chi connectivity index (χ1v) is 6.01. The van der Waals surface area contributed by atoms with Gasteiger partial charge in [0.05, 0.1) is 11.0 Å².